The zero-order chi connectivity index (χ0) is 12.0. The van der Waals surface area contributed by atoms with Crippen LogP contribution in [-0.2, 0) is 4.79 Å². The van der Waals surface area contributed by atoms with Crippen molar-refractivity contribution in [1.82, 2.24) is 9.80 Å². The maximum Gasteiger partial charge on any atom is 0.226 e. The smallest absolute Gasteiger partial charge is 0.226 e. The van der Waals surface area contributed by atoms with E-state index in [1.54, 1.807) is 0 Å². The number of likely N-dealkylation sites (tertiary alicyclic amines) is 1. The van der Waals surface area contributed by atoms with Crippen molar-refractivity contribution in [2.75, 3.05) is 33.2 Å². The monoisotopic (exact) mass is 226 g/mol. The first-order valence-corrected chi connectivity index (χ1v) is 6.66. The lowest BCUT2D eigenvalue weighted by atomic mass is 9.97. The van der Waals surface area contributed by atoms with E-state index in [-0.39, 0.29) is 5.92 Å². The van der Waals surface area contributed by atoms with Crippen LogP contribution in [0.2, 0.25) is 0 Å². The molecule has 1 atom stereocenters. The van der Waals surface area contributed by atoms with Crippen molar-refractivity contribution in [3.63, 3.8) is 0 Å². The predicted molar refractivity (Wildman–Crippen MR) is 67.4 cm³/mol. The highest BCUT2D eigenvalue weighted by molar-refractivity contribution is 5.79. The third-order valence-corrected chi connectivity index (χ3v) is 3.27. The second-order valence-corrected chi connectivity index (χ2v) is 4.93. The maximum absolute atomic E-state index is 12.3. The summed E-state index contributed by atoms with van der Waals surface area (Å²) in [4.78, 5) is 16.7. The molecule has 0 aromatic carbocycles. The number of hydrogen-bond acceptors (Lipinski definition) is 2. The molecule has 0 spiro atoms. The third-order valence-electron chi connectivity index (χ3n) is 3.27. The molecule has 3 nitrogen and oxygen atoms in total. The van der Waals surface area contributed by atoms with E-state index in [0.29, 0.717) is 5.91 Å². The van der Waals surface area contributed by atoms with Gasteiger partial charge in [-0.3, -0.25) is 4.79 Å². The molecule has 0 saturated carbocycles. The van der Waals surface area contributed by atoms with Gasteiger partial charge in [-0.1, -0.05) is 13.8 Å². The fourth-order valence-electron chi connectivity index (χ4n) is 2.50. The maximum atomic E-state index is 12.3. The minimum absolute atomic E-state index is 0.247. The highest BCUT2D eigenvalue weighted by Gasteiger charge is 2.27. The summed E-state index contributed by atoms with van der Waals surface area (Å²) in [6.07, 6.45) is 4.37. The lowest BCUT2D eigenvalue weighted by Gasteiger charge is -2.33. The van der Waals surface area contributed by atoms with Gasteiger partial charge in [-0.15, -0.1) is 0 Å². The number of rotatable bonds is 5. The fourth-order valence-corrected chi connectivity index (χ4v) is 2.50. The van der Waals surface area contributed by atoms with E-state index < -0.39 is 0 Å². The van der Waals surface area contributed by atoms with Crippen LogP contribution in [0.1, 0.15) is 39.5 Å². The minimum Gasteiger partial charge on any atom is -0.342 e. The Kier molecular flexibility index (Phi) is 5.81. The first kappa shape index (κ1) is 13.5. The first-order chi connectivity index (χ1) is 7.69. The van der Waals surface area contributed by atoms with E-state index in [0.717, 1.165) is 45.4 Å². The van der Waals surface area contributed by atoms with Crippen molar-refractivity contribution in [1.29, 1.82) is 0 Å². The van der Waals surface area contributed by atoms with Gasteiger partial charge in [-0.2, -0.15) is 0 Å². The van der Waals surface area contributed by atoms with Crippen molar-refractivity contribution in [3.8, 4) is 0 Å². The summed E-state index contributed by atoms with van der Waals surface area (Å²) in [6, 6.07) is 0. The SMILES string of the molecule is CCCN(CCC)C(=O)C1CCCN(C)C1. The topological polar surface area (TPSA) is 23.6 Å². The number of amides is 1. The Morgan fingerprint density at radius 1 is 1.31 bits per heavy atom. The summed E-state index contributed by atoms with van der Waals surface area (Å²) < 4.78 is 0. The van der Waals surface area contributed by atoms with E-state index in [9.17, 15) is 4.79 Å². The molecule has 3 heteroatoms. The standard InChI is InChI=1S/C13H26N2O/c1-4-8-15(9-5-2)13(16)12-7-6-10-14(3)11-12/h12H,4-11H2,1-3H3. The molecular weight excluding hydrogens is 200 g/mol. The quantitative estimate of drug-likeness (QED) is 0.715. The summed E-state index contributed by atoms with van der Waals surface area (Å²) in [6.45, 7) is 8.22. The molecular formula is C13H26N2O. The van der Waals surface area contributed by atoms with E-state index >= 15 is 0 Å². The Labute approximate surface area is 99.8 Å². The number of nitrogens with zero attached hydrogens (tertiary/aromatic N) is 2. The van der Waals surface area contributed by atoms with Gasteiger partial charge in [-0.05, 0) is 39.3 Å². The molecule has 0 N–H and O–H groups in total. The summed E-state index contributed by atoms with van der Waals surface area (Å²) in [7, 11) is 2.11. The zero-order valence-electron chi connectivity index (χ0n) is 11.0. The highest BCUT2D eigenvalue weighted by Crippen LogP contribution is 2.18. The van der Waals surface area contributed by atoms with Crippen LogP contribution in [-0.4, -0.2) is 48.9 Å². The van der Waals surface area contributed by atoms with Crippen LogP contribution in [0.25, 0.3) is 0 Å². The van der Waals surface area contributed by atoms with Crippen molar-refractivity contribution >= 4 is 5.91 Å². The molecule has 0 aromatic rings. The van der Waals surface area contributed by atoms with Crippen LogP contribution in [0.15, 0.2) is 0 Å². The van der Waals surface area contributed by atoms with Gasteiger partial charge in [0.2, 0.25) is 5.91 Å². The molecule has 0 aromatic heterocycles. The third kappa shape index (κ3) is 3.78. The number of carbonyl (C=O) groups is 1. The van der Waals surface area contributed by atoms with Gasteiger partial charge in [0, 0.05) is 19.6 Å². The molecule has 1 rings (SSSR count). The number of hydrogen-bond donors (Lipinski definition) is 0. The first-order valence-electron chi connectivity index (χ1n) is 6.66. The molecule has 16 heavy (non-hydrogen) atoms. The van der Waals surface area contributed by atoms with Crippen LogP contribution in [0.4, 0.5) is 0 Å². The summed E-state index contributed by atoms with van der Waals surface area (Å²) in [5.74, 6) is 0.632. The molecule has 0 bridgehead atoms. The average Bonchev–Trinajstić information content (AvgIpc) is 2.28. The van der Waals surface area contributed by atoms with Gasteiger partial charge >= 0.3 is 0 Å². The van der Waals surface area contributed by atoms with Gasteiger partial charge in [0.05, 0.1) is 5.92 Å². The molecule has 1 aliphatic heterocycles. The Morgan fingerprint density at radius 3 is 2.44 bits per heavy atom. The Hall–Kier alpha value is -0.570. The summed E-state index contributed by atoms with van der Waals surface area (Å²) in [5, 5.41) is 0. The molecule has 1 unspecified atom stereocenters. The van der Waals surface area contributed by atoms with E-state index in [2.05, 4.69) is 30.7 Å². The van der Waals surface area contributed by atoms with Gasteiger partial charge in [0.1, 0.15) is 0 Å². The molecule has 0 aliphatic carbocycles. The normalized spacial score (nSPS) is 22.1. The summed E-state index contributed by atoms with van der Waals surface area (Å²) >= 11 is 0. The zero-order valence-corrected chi connectivity index (χ0v) is 11.0. The van der Waals surface area contributed by atoms with E-state index in [1.807, 2.05) is 0 Å². The van der Waals surface area contributed by atoms with Gasteiger partial charge in [0.15, 0.2) is 0 Å². The Balaban J connectivity index is 2.51. The molecule has 1 saturated heterocycles. The molecule has 1 aliphatic rings. The van der Waals surface area contributed by atoms with Crippen molar-refractivity contribution in [2.24, 2.45) is 5.92 Å². The van der Waals surface area contributed by atoms with Crippen LogP contribution < -0.4 is 0 Å². The second-order valence-electron chi connectivity index (χ2n) is 4.93. The van der Waals surface area contributed by atoms with Crippen molar-refractivity contribution < 1.29 is 4.79 Å². The van der Waals surface area contributed by atoms with Crippen LogP contribution in [0.3, 0.4) is 0 Å². The van der Waals surface area contributed by atoms with Crippen molar-refractivity contribution in [2.45, 2.75) is 39.5 Å². The molecule has 1 heterocycles. The van der Waals surface area contributed by atoms with Gasteiger partial charge in [0.25, 0.3) is 0 Å². The second kappa shape index (κ2) is 6.89. The predicted octanol–water partition coefficient (Wildman–Crippen LogP) is 1.98. The van der Waals surface area contributed by atoms with Gasteiger partial charge in [-0.25, -0.2) is 0 Å². The van der Waals surface area contributed by atoms with Crippen LogP contribution in [0.5, 0.6) is 0 Å². The summed E-state index contributed by atoms with van der Waals surface area (Å²) in [5.41, 5.74) is 0. The molecule has 1 fully saturated rings. The van der Waals surface area contributed by atoms with E-state index in [4.69, 9.17) is 0 Å². The van der Waals surface area contributed by atoms with Crippen molar-refractivity contribution in [3.05, 3.63) is 0 Å². The fraction of sp³-hybridized carbons (Fsp3) is 0.923. The Morgan fingerprint density at radius 2 is 1.94 bits per heavy atom. The Bertz CT molecular complexity index is 205. The number of carbonyl (C=O) groups excluding carboxylic acids is 1. The lowest BCUT2D eigenvalue weighted by molar-refractivity contribution is -0.137. The average molecular weight is 226 g/mol. The minimum atomic E-state index is 0.247. The molecule has 0 radical (unpaired) electrons. The largest absolute Gasteiger partial charge is 0.342 e. The highest BCUT2D eigenvalue weighted by atomic mass is 16.2. The van der Waals surface area contributed by atoms with E-state index in [1.165, 1.54) is 6.42 Å². The molecule has 94 valence electrons. The molecule has 1 amide bonds. The van der Waals surface area contributed by atoms with Crippen LogP contribution in [0, 0.1) is 5.92 Å². The van der Waals surface area contributed by atoms with Crippen LogP contribution >= 0.6 is 0 Å². The number of piperidine rings is 1. The lowest BCUT2D eigenvalue weighted by Crippen LogP contribution is -2.44. The van der Waals surface area contributed by atoms with Gasteiger partial charge < -0.3 is 9.80 Å².